The summed E-state index contributed by atoms with van der Waals surface area (Å²) in [5.41, 5.74) is 8.46. The predicted octanol–water partition coefficient (Wildman–Crippen LogP) is 2.96. The zero-order chi connectivity index (χ0) is 31.4. The molecule has 2 atom stereocenters. The highest BCUT2D eigenvalue weighted by Crippen LogP contribution is 2.39. The molecule has 0 spiro atoms. The van der Waals surface area contributed by atoms with Crippen molar-refractivity contribution in [1.29, 1.82) is 5.41 Å². The van der Waals surface area contributed by atoms with E-state index in [0.29, 0.717) is 66.8 Å². The molecule has 3 aromatic rings. The van der Waals surface area contributed by atoms with Crippen molar-refractivity contribution < 1.29 is 23.4 Å². The molecule has 1 aliphatic heterocycles. The average molecular weight is 621 g/mol. The fourth-order valence-corrected chi connectivity index (χ4v) is 7.28. The molecule has 5 rings (SSSR count). The van der Waals surface area contributed by atoms with Crippen molar-refractivity contribution in [2.45, 2.75) is 49.1 Å². The SMILES string of the molecule is N=C(N)c1ccc(O)c(N2CCCNCC2C(C(=O)Nc2ccc(-c3ccccc3S(N)(=O)=O)cc2)C2CCC(O)CC2)c1. The number of amidine groups is 1. The second-order valence-electron chi connectivity index (χ2n) is 11.6. The van der Waals surface area contributed by atoms with Crippen LogP contribution >= 0.6 is 0 Å². The van der Waals surface area contributed by atoms with Gasteiger partial charge in [-0.15, -0.1) is 0 Å². The Morgan fingerprint density at radius 2 is 1.75 bits per heavy atom. The number of nitrogens with two attached hydrogens (primary N) is 2. The van der Waals surface area contributed by atoms with Crippen LogP contribution < -0.4 is 26.4 Å². The number of phenolic OH excluding ortho intramolecular Hbond substituents is 1. The summed E-state index contributed by atoms with van der Waals surface area (Å²) in [4.78, 5) is 16.3. The van der Waals surface area contributed by atoms with E-state index in [1.807, 2.05) is 0 Å². The summed E-state index contributed by atoms with van der Waals surface area (Å²) < 4.78 is 24.3. The summed E-state index contributed by atoms with van der Waals surface area (Å²) in [5, 5.41) is 41.1. The fraction of sp³-hybridized carbons (Fsp3) is 0.375. The van der Waals surface area contributed by atoms with E-state index in [0.717, 1.165) is 13.0 Å². The van der Waals surface area contributed by atoms with Crippen LogP contribution in [0.5, 0.6) is 5.75 Å². The van der Waals surface area contributed by atoms with Crippen LogP contribution in [-0.2, 0) is 14.8 Å². The highest BCUT2D eigenvalue weighted by Gasteiger charge is 2.41. The molecular formula is C32H40N6O5S. The molecule has 0 radical (unpaired) electrons. The number of carbonyl (C=O) groups is 1. The molecule has 3 aromatic carbocycles. The van der Waals surface area contributed by atoms with Gasteiger partial charge in [-0.25, -0.2) is 13.6 Å². The second-order valence-corrected chi connectivity index (χ2v) is 13.2. The number of aliphatic hydroxyl groups is 1. The number of sulfonamides is 1. The highest BCUT2D eigenvalue weighted by atomic mass is 32.2. The van der Waals surface area contributed by atoms with E-state index in [1.54, 1.807) is 54.6 Å². The van der Waals surface area contributed by atoms with E-state index in [4.69, 9.17) is 16.3 Å². The number of nitrogen functional groups attached to an aromatic ring is 1. The van der Waals surface area contributed by atoms with Gasteiger partial charge in [-0.2, -0.15) is 0 Å². The molecule has 0 bridgehead atoms. The van der Waals surface area contributed by atoms with Crippen LogP contribution in [0.3, 0.4) is 0 Å². The van der Waals surface area contributed by atoms with Gasteiger partial charge in [0.25, 0.3) is 0 Å². The van der Waals surface area contributed by atoms with Crippen molar-refractivity contribution >= 4 is 33.1 Å². The van der Waals surface area contributed by atoms with Crippen LogP contribution in [0.25, 0.3) is 11.1 Å². The first-order valence-electron chi connectivity index (χ1n) is 14.9. The number of aromatic hydroxyl groups is 1. The summed E-state index contributed by atoms with van der Waals surface area (Å²) in [6.45, 7) is 1.84. The maximum absolute atomic E-state index is 14.2. The molecule has 44 heavy (non-hydrogen) atoms. The Hall–Kier alpha value is -3.97. The van der Waals surface area contributed by atoms with Gasteiger partial charge in [0.1, 0.15) is 11.6 Å². The molecule has 0 aromatic heterocycles. The van der Waals surface area contributed by atoms with E-state index in [9.17, 15) is 23.4 Å². The monoisotopic (exact) mass is 620 g/mol. The number of phenols is 1. The van der Waals surface area contributed by atoms with Gasteiger partial charge in [0.2, 0.25) is 15.9 Å². The average Bonchev–Trinajstić information content (AvgIpc) is 3.24. The van der Waals surface area contributed by atoms with E-state index in [2.05, 4.69) is 15.5 Å². The Balaban J connectivity index is 1.47. The molecule has 12 heteroatoms. The van der Waals surface area contributed by atoms with Crippen LogP contribution in [0.1, 0.15) is 37.7 Å². The van der Waals surface area contributed by atoms with E-state index in [-0.39, 0.29) is 40.5 Å². The Kier molecular flexibility index (Phi) is 9.54. The molecule has 234 valence electrons. The number of nitrogens with one attached hydrogen (secondary N) is 3. The van der Waals surface area contributed by atoms with Gasteiger partial charge in [-0.05, 0) is 86.5 Å². The molecule has 11 nitrogen and oxygen atoms in total. The van der Waals surface area contributed by atoms with Gasteiger partial charge in [-0.1, -0.05) is 30.3 Å². The standard InChI is InChI=1S/C32H40N6O5S/c33-31(34)22-10-15-28(40)26(18-22)38-17-3-16-36-19-27(38)30(21-8-13-24(39)14-9-21)32(41)37-23-11-6-20(7-12-23)25-4-1-2-5-29(25)44(35,42)43/h1-2,4-7,10-12,15,18,21,24,27,30,36,39-40H,3,8-9,13-14,16-17,19H2,(H3,33,34)(H,37,41)(H2,35,42,43). The number of rotatable bonds is 8. The van der Waals surface area contributed by atoms with Crippen LogP contribution in [0.15, 0.2) is 71.6 Å². The van der Waals surface area contributed by atoms with Crippen molar-refractivity contribution in [3.8, 4) is 16.9 Å². The number of primary sulfonamides is 1. The Labute approximate surface area is 257 Å². The molecule has 1 aliphatic carbocycles. The van der Waals surface area contributed by atoms with Crippen molar-refractivity contribution in [2.24, 2.45) is 22.7 Å². The molecule has 1 saturated heterocycles. The summed E-state index contributed by atoms with van der Waals surface area (Å²) in [6.07, 6.45) is 3.00. The third-order valence-corrected chi connectivity index (χ3v) is 9.69. The number of nitrogens with zero attached hydrogens (tertiary/aromatic N) is 1. The largest absolute Gasteiger partial charge is 0.506 e. The number of aliphatic hydroxyl groups excluding tert-OH is 1. The summed E-state index contributed by atoms with van der Waals surface area (Å²) in [5.74, 6) is -0.733. The Bertz CT molecular complexity index is 1610. The number of benzene rings is 3. The third kappa shape index (κ3) is 7.05. The minimum atomic E-state index is -3.93. The Morgan fingerprint density at radius 3 is 2.43 bits per heavy atom. The molecule has 1 saturated carbocycles. The fourth-order valence-electron chi connectivity index (χ4n) is 6.52. The van der Waals surface area contributed by atoms with Crippen molar-refractivity contribution in [3.63, 3.8) is 0 Å². The molecule has 9 N–H and O–H groups in total. The molecule has 1 heterocycles. The summed E-state index contributed by atoms with van der Waals surface area (Å²) >= 11 is 0. The van der Waals surface area contributed by atoms with E-state index in [1.165, 1.54) is 12.1 Å². The third-order valence-electron chi connectivity index (χ3n) is 8.73. The van der Waals surface area contributed by atoms with Crippen molar-refractivity contribution in [2.75, 3.05) is 29.9 Å². The van der Waals surface area contributed by atoms with Gasteiger partial charge in [0.05, 0.1) is 28.6 Å². The smallest absolute Gasteiger partial charge is 0.238 e. The van der Waals surface area contributed by atoms with E-state index < -0.39 is 15.9 Å². The lowest BCUT2D eigenvalue weighted by Crippen LogP contribution is -2.52. The number of anilines is 2. The predicted molar refractivity (Wildman–Crippen MR) is 171 cm³/mol. The topological polar surface area (TPSA) is 195 Å². The van der Waals surface area contributed by atoms with Gasteiger partial charge >= 0.3 is 0 Å². The minimum absolute atomic E-state index is 0.00940. The molecule has 1 amide bonds. The van der Waals surface area contributed by atoms with E-state index >= 15 is 0 Å². The molecule has 2 unspecified atom stereocenters. The Morgan fingerprint density at radius 1 is 1.05 bits per heavy atom. The van der Waals surface area contributed by atoms with Crippen LogP contribution in [0.2, 0.25) is 0 Å². The quantitative estimate of drug-likeness (QED) is 0.147. The molecule has 2 fully saturated rings. The minimum Gasteiger partial charge on any atom is -0.506 e. The van der Waals surface area contributed by atoms with Crippen LogP contribution in [0, 0.1) is 17.2 Å². The molecular weight excluding hydrogens is 580 g/mol. The normalized spacial score (nSPS) is 21.7. The first kappa shape index (κ1) is 31.5. The summed E-state index contributed by atoms with van der Waals surface area (Å²) in [6, 6.07) is 18.0. The lowest BCUT2D eigenvalue weighted by atomic mass is 9.74. The first-order valence-corrected chi connectivity index (χ1v) is 16.4. The zero-order valence-electron chi connectivity index (χ0n) is 24.4. The lowest BCUT2D eigenvalue weighted by Gasteiger charge is -2.42. The number of hydrogen-bond donors (Lipinski definition) is 7. The van der Waals surface area contributed by atoms with Gasteiger partial charge in [0.15, 0.2) is 0 Å². The van der Waals surface area contributed by atoms with Gasteiger partial charge in [-0.3, -0.25) is 10.2 Å². The second kappa shape index (κ2) is 13.3. The maximum Gasteiger partial charge on any atom is 0.238 e. The molecule has 2 aliphatic rings. The number of carbonyl (C=O) groups excluding carboxylic acids is 1. The highest BCUT2D eigenvalue weighted by molar-refractivity contribution is 7.89. The van der Waals surface area contributed by atoms with Crippen LogP contribution in [-0.4, -0.2) is 62.2 Å². The van der Waals surface area contributed by atoms with Gasteiger partial charge < -0.3 is 31.5 Å². The zero-order valence-corrected chi connectivity index (χ0v) is 25.3. The maximum atomic E-state index is 14.2. The van der Waals surface area contributed by atoms with Crippen molar-refractivity contribution in [3.05, 3.63) is 72.3 Å². The van der Waals surface area contributed by atoms with Gasteiger partial charge in [0, 0.05) is 29.9 Å². The summed E-state index contributed by atoms with van der Waals surface area (Å²) in [7, 11) is -3.93. The lowest BCUT2D eigenvalue weighted by molar-refractivity contribution is -0.123. The first-order chi connectivity index (χ1) is 21.0. The van der Waals surface area contributed by atoms with Crippen molar-refractivity contribution in [1.82, 2.24) is 5.32 Å². The number of hydrogen-bond acceptors (Lipinski definition) is 8. The number of amides is 1. The van der Waals surface area contributed by atoms with Crippen LogP contribution in [0.4, 0.5) is 11.4 Å².